The summed E-state index contributed by atoms with van der Waals surface area (Å²) in [6, 6.07) is 11.9. The van der Waals surface area contributed by atoms with Crippen molar-refractivity contribution in [2.75, 3.05) is 7.11 Å². The van der Waals surface area contributed by atoms with Crippen molar-refractivity contribution in [3.8, 4) is 17.6 Å². The second-order valence-corrected chi connectivity index (χ2v) is 7.42. The molecule has 0 spiro atoms. The molecule has 2 heterocycles. The van der Waals surface area contributed by atoms with E-state index in [1.54, 1.807) is 23.5 Å². The maximum absolute atomic E-state index is 9.64. The first kappa shape index (κ1) is 19.3. The van der Waals surface area contributed by atoms with Gasteiger partial charge in [-0.1, -0.05) is 39.0 Å². The van der Waals surface area contributed by atoms with Crippen LogP contribution in [0.1, 0.15) is 37.7 Å². The highest BCUT2D eigenvalue weighted by atomic mass is 16.5. The van der Waals surface area contributed by atoms with Crippen molar-refractivity contribution in [1.29, 1.82) is 5.26 Å². The highest BCUT2D eigenvalue weighted by Gasteiger charge is 2.26. The predicted octanol–water partition coefficient (Wildman–Crippen LogP) is 4.51. The zero-order chi connectivity index (χ0) is 20.5. The fourth-order valence-corrected chi connectivity index (χ4v) is 3.18. The van der Waals surface area contributed by atoms with Crippen LogP contribution in [0, 0.1) is 18.3 Å². The minimum absolute atomic E-state index is 0.244. The van der Waals surface area contributed by atoms with Crippen molar-refractivity contribution >= 4 is 11.5 Å². The van der Waals surface area contributed by atoms with Gasteiger partial charge in [-0.2, -0.15) is 15.0 Å². The van der Waals surface area contributed by atoms with E-state index in [0.717, 1.165) is 11.4 Å². The molecule has 0 saturated heterocycles. The Balaban J connectivity index is 2.08. The number of aromatic nitrogens is 4. The molecule has 0 aliphatic carbocycles. The van der Waals surface area contributed by atoms with Gasteiger partial charge in [0.25, 0.3) is 0 Å². The van der Waals surface area contributed by atoms with Crippen LogP contribution >= 0.6 is 0 Å². The smallest absolute Gasteiger partial charge is 0.245 e. The zero-order valence-corrected chi connectivity index (χ0v) is 16.9. The van der Waals surface area contributed by atoms with Crippen molar-refractivity contribution in [3.63, 3.8) is 0 Å². The second-order valence-electron chi connectivity index (χ2n) is 7.42. The molecule has 0 aliphatic heterocycles. The highest BCUT2D eigenvalue weighted by Crippen LogP contribution is 2.36. The van der Waals surface area contributed by atoms with Crippen LogP contribution in [0.15, 0.2) is 40.6 Å². The van der Waals surface area contributed by atoms with Gasteiger partial charge in [-0.3, -0.25) is 4.68 Å². The minimum atomic E-state index is -0.244. The van der Waals surface area contributed by atoms with Crippen LogP contribution in [0.4, 0.5) is 11.5 Å². The summed E-state index contributed by atoms with van der Waals surface area (Å²) in [7, 11) is 3.37. The molecular weight excluding hydrogens is 354 g/mol. The number of nitriles is 1. The van der Waals surface area contributed by atoms with Crippen LogP contribution in [0.2, 0.25) is 0 Å². The van der Waals surface area contributed by atoms with Crippen LogP contribution in [0.25, 0.3) is 5.69 Å². The maximum atomic E-state index is 9.64. The molecule has 0 aliphatic rings. The number of hydrogen-bond acceptors (Lipinski definition) is 6. The van der Waals surface area contributed by atoms with E-state index in [9.17, 15) is 5.26 Å². The van der Waals surface area contributed by atoms with Gasteiger partial charge in [-0.15, -0.1) is 15.3 Å². The van der Waals surface area contributed by atoms with Gasteiger partial charge in [-0.05, 0) is 19.1 Å². The lowest BCUT2D eigenvalue weighted by Crippen LogP contribution is -2.17. The van der Waals surface area contributed by atoms with Gasteiger partial charge in [0.05, 0.1) is 24.2 Å². The van der Waals surface area contributed by atoms with Gasteiger partial charge < -0.3 is 4.74 Å². The lowest BCUT2D eigenvalue weighted by Gasteiger charge is -2.18. The lowest BCUT2D eigenvalue weighted by molar-refractivity contribution is 0.384. The monoisotopic (exact) mass is 377 g/mol. The van der Waals surface area contributed by atoms with Crippen molar-refractivity contribution in [3.05, 3.63) is 47.3 Å². The standard InChI is InChI=1S/C20H23N7O/c1-13-16(19(28-6)27(24-13)14-10-8-7-9-11-14)22-23-18-15(12-21)17(20(2,3)4)26(5)25-18/h7-11H,1-6H3. The summed E-state index contributed by atoms with van der Waals surface area (Å²) in [4.78, 5) is 0. The molecular formula is C20H23N7O. The van der Waals surface area contributed by atoms with Gasteiger partial charge in [0.1, 0.15) is 11.6 Å². The number of ether oxygens (including phenoxy) is 1. The zero-order valence-electron chi connectivity index (χ0n) is 16.9. The number of rotatable bonds is 4. The number of para-hydroxylation sites is 1. The minimum Gasteiger partial charge on any atom is -0.479 e. The largest absolute Gasteiger partial charge is 0.479 e. The summed E-state index contributed by atoms with van der Waals surface area (Å²) in [5, 5.41) is 27.1. The van der Waals surface area contributed by atoms with E-state index in [2.05, 4.69) is 26.5 Å². The molecule has 0 N–H and O–H groups in total. The average molecular weight is 377 g/mol. The Bertz CT molecular complexity index is 1060. The molecule has 0 atom stereocenters. The van der Waals surface area contributed by atoms with Gasteiger partial charge in [-0.25, -0.2) is 0 Å². The summed E-state index contributed by atoms with van der Waals surface area (Å²) in [6.45, 7) is 7.93. The molecule has 0 bridgehead atoms. The van der Waals surface area contributed by atoms with E-state index in [1.165, 1.54) is 0 Å². The van der Waals surface area contributed by atoms with E-state index in [-0.39, 0.29) is 11.2 Å². The molecule has 8 nitrogen and oxygen atoms in total. The first-order chi connectivity index (χ1) is 13.3. The number of methoxy groups -OCH3 is 1. The number of aryl methyl sites for hydroxylation is 2. The van der Waals surface area contributed by atoms with Crippen LogP contribution in [-0.2, 0) is 12.5 Å². The van der Waals surface area contributed by atoms with Crippen molar-refractivity contribution in [2.24, 2.45) is 17.3 Å². The first-order valence-electron chi connectivity index (χ1n) is 8.86. The van der Waals surface area contributed by atoms with Gasteiger partial charge in [0, 0.05) is 12.5 Å². The Labute approximate surface area is 164 Å². The lowest BCUT2D eigenvalue weighted by atomic mass is 9.89. The summed E-state index contributed by atoms with van der Waals surface area (Å²) in [6.07, 6.45) is 0. The maximum Gasteiger partial charge on any atom is 0.245 e. The van der Waals surface area contributed by atoms with Crippen LogP contribution in [0.3, 0.4) is 0 Å². The SMILES string of the molecule is COc1c(N=Nc2nn(C)c(C(C)(C)C)c2C#N)c(C)nn1-c1ccccc1. The first-order valence-corrected chi connectivity index (χ1v) is 8.86. The molecule has 8 heteroatoms. The molecule has 1 aromatic carbocycles. The molecule has 28 heavy (non-hydrogen) atoms. The Morgan fingerprint density at radius 3 is 2.36 bits per heavy atom. The molecule has 0 unspecified atom stereocenters. The van der Waals surface area contributed by atoms with Gasteiger partial charge in [0.2, 0.25) is 11.7 Å². The fourth-order valence-electron chi connectivity index (χ4n) is 3.18. The summed E-state index contributed by atoms with van der Waals surface area (Å²) >= 11 is 0. The van der Waals surface area contributed by atoms with Gasteiger partial charge >= 0.3 is 0 Å². The Kier molecular flexibility index (Phi) is 5.01. The van der Waals surface area contributed by atoms with Crippen molar-refractivity contribution < 1.29 is 4.74 Å². The molecule has 3 aromatic rings. The number of benzene rings is 1. The van der Waals surface area contributed by atoms with Crippen LogP contribution < -0.4 is 4.74 Å². The third kappa shape index (κ3) is 3.39. The second kappa shape index (κ2) is 7.27. The molecule has 3 rings (SSSR count). The third-order valence-corrected chi connectivity index (χ3v) is 4.28. The third-order valence-electron chi connectivity index (χ3n) is 4.28. The van der Waals surface area contributed by atoms with E-state index < -0.39 is 0 Å². The van der Waals surface area contributed by atoms with E-state index in [0.29, 0.717) is 22.8 Å². The fraction of sp³-hybridized carbons (Fsp3) is 0.350. The van der Waals surface area contributed by atoms with Gasteiger partial charge in [0.15, 0.2) is 5.69 Å². The quantitative estimate of drug-likeness (QED) is 0.625. The molecule has 0 radical (unpaired) electrons. The molecule has 0 saturated carbocycles. The summed E-state index contributed by atoms with van der Waals surface area (Å²) < 4.78 is 8.90. The molecule has 0 fully saturated rings. The van der Waals surface area contributed by atoms with E-state index in [1.807, 2.05) is 58.0 Å². The predicted molar refractivity (Wildman–Crippen MR) is 106 cm³/mol. The highest BCUT2D eigenvalue weighted by molar-refractivity contribution is 5.57. The van der Waals surface area contributed by atoms with Crippen molar-refractivity contribution in [1.82, 2.24) is 19.6 Å². The van der Waals surface area contributed by atoms with Crippen molar-refractivity contribution in [2.45, 2.75) is 33.1 Å². The Morgan fingerprint density at radius 2 is 1.79 bits per heavy atom. The number of nitrogens with zero attached hydrogens (tertiary/aromatic N) is 7. The molecule has 0 amide bonds. The van der Waals surface area contributed by atoms with E-state index in [4.69, 9.17) is 4.74 Å². The normalized spacial score (nSPS) is 11.8. The number of azo groups is 1. The number of hydrogen-bond donors (Lipinski definition) is 0. The average Bonchev–Trinajstić information content (AvgIpc) is 3.16. The van der Waals surface area contributed by atoms with E-state index >= 15 is 0 Å². The van der Waals surface area contributed by atoms with Crippen LogP contribution in [0.5, 0.6) is 5.88 Å². The Hall–Kier alpha value is -3.47. The molecule has 2 aromatic heterocycles. The summed E-state index contributed by atoms with van der Waals surface area (Å²) in [5.74, 6) is 0.752. The summed E-state index contributed by atoms with van der Waals surface area (Å²) in [5.41, 5.74) is 3.01. The molecule has 144 valence electrons. The Morgan fingerprint density at radius 1 is 1.11 bits per heavy atom. The van der Waals surface area contributed by atoms with Crippen LogP contribution in [-0.4, -0.2) is 26.7 Å². The topological polar surface area (TPSA) is 93.4 Å².